The maximum Gasteiger partial charge on any atom is 0.159 e. The molecule has 5 heteroatoms. The second kappa shape index (κ2) is 17.0. The van der Waals surface area contributed by atoms with Crippen molar-refractivity contribution in [2.75, 3.05) is 14.7 Å². The van der Waals surface area contributed by atoms with E-state index in [1.54, 1.807) is 0 Å². The Morgan fingerprint density at radius 3 is 1.42 bits per heavy atom. The first-order valence-electron chi connectivity index (χ1n) is 21.5. The third-order valence-electron chi connectivity index (χ3n) is 11.7. The molecule has 64 heavy (non-hydrogen) atoms. The lowest BCUT2D eigenvalue weighted by atomic mass is 9.99. The normalized spacial score (nSPS) is 11.1. The smallest absolute Gasteiger partial charge is 0.159 e. The molecule has 0 aliphatic rings. The molecule has 5 nitrogen and oxygen atoms in total. The molecule has 0 saturated heterocycles. The lowest BCUT2D eigenvalue weighted by Gasteiger charge is -2.32. The molecule has 304 valence electrons. The van der Waals surface area contributed by atoms with Crippen LogP contribution in [0.15, 0.2) is 259 Å². The molecule has 0 N–H and O–H groups in total. The summed E-state index contributed by atoms with van der Waals surface area (Å²) in [5, 5.41) is 2.16. The number of anilines is 9. The van der Waals surface area contributed by atoms with Crippen LogP contribution in [-0.4, -0.2) is 4.98 Å². The quantitative estimate of drug-likeness (QED) is 0.130. The molecule has 0 radical (unpaired) electrons. The van der Waals surface area contributed by atoms with Crippen LogP contribution < -0.4 is 14.7 Å². The number of pyridine rings is 1. The Labute approximate surface area is 373 Å². The summed E-state index contributed by atoms with van der Waals surface area (Å²) in [4.78, 5) is 11.6. The fourth-order valence-corrected chi connectivity index (χ4v) is 8.78. The molecule has 0 aliphatic heterocycles. The molecule has 0 atom stereocenters. The number of aromatic nitrogens is 1. The highest BCUT2D eigenvalue weighted by molar-refractivity contribution is 6.11. The summed E-state index contributed by atoms with van der Waals surface area (Å²) >= 11 is 0. The molecule has 0 saturated carbocycles. The SMILES string of the molecule is c1ccc(-c2ccc(N(c3ccccc3)c3cc(-c4cccnc4)cc(N(c4ccccc4)c4ccccc4)c3)cc2N(c2ccccc2)c2cccc3c2oc2ccccc23)cc1. The van der Waals surface area contributed by atoms with Gasteiger partial charge in [0.25, 0.3) is 0 Å². The average Bonchev–Trinajstić information content (AvgIpc) is 3.76. The van der Waals surface area contributed by atoms with Crippen LogP contribution in [0.25, 0.3) is 44.2 Å². The Balaban J connectivity index is 1.18. The van der Waals surface area contributed by atoms with Crippen LogP contribution in [-0.2, 0) is 0 Å². The summed E-state index contributed by atoms with van der Waals surface area (Å²) < 4.78 is 6.77. The van der Waals surface area contributed by atoms with Crippen molar-refractivity contribution in [3.63, 3.8) is 0 Å². The monoisotopic (exact) mass is 822 g/mol. The van der Waals surface area contributed by atoms with Crippen LogP contribution in [0.4, 0.5) is 51.2 Å². The second-order valence-electron chi connectivity index (χ2n) is 15.6. The zero-order valence-electron chi connectivity index (χ0n) is 34.9. The Bertz CT molecular complexity index is 3280. The molecule has 0 amide bonds. The molecule has 11 rings (SSSR count). The van der Waals surface area contributed by atoms with Crippen LogP contribution in [0.3, 0.4) is 0 Å². The molecule has 0 unspecified atom stereocenters. The molecule has 2 aromatic heterocycles. The van der Waals surface area contributed by atoms with Crippen molar-refractivity contribution in [1.29, 1.82) is 0 Å². The molecular weight excluding hydrogens is 781 g/mol. The number of fused-ring (bicyclic) bond motifs is 3. The first kappa shape index (κ1) is 38.3. The van der Waals surface area contributed by atoms with Gasteiger partial charge in [-0.05, 0) is 108 Å². The third-order valence-corrected chi connectivity index (χ3v) is 11.7. The molecule has 0 bridgehead atoms. The van der Waals surface area contributed by atoms with Gasteiger partial charge in [0, 0.05) is 74.1 Å². The predicted octanol–water partition coefficient (Wildman–Crippen LogP) is 16.7. The van der Waals surface area contributed by atoms with E-state index in [0.717, 1.165) is 95.4 Å². The van der Waals surface area contributed by atoms with E-state index >= 15 is 0 Å². The van der Waals surface area contributed by atoms with Gasteiger partial charge < -0.3 is 19.1 Å². The summed E-state index contributed by atoms with van der Waals surface area (Å²) in [6.45, 7) is 0. The zero-order valence-corrected chi connectivity index (χ0v) is 34.9. The summed E-state index contributed by atoms with van der Waals surface area (Å²) in [6, 6.07) is 85.5. The highest BCUT2D eigenvalue weighted by Gasteiger charge is 2.25. The van der Waals surface area contributed by atoms with Crippen LogP contribution in [0, 0.1) is 0 Å². The van der Waals surface area contributed by atoms with Crippen molar-refractivity contribution < 1.29 is 4.42 Å². The van der Waals surface area contributed by atoms with Crippen LogP contribution in [0.2, 0.25) is 0 Å². The molecule has 11 aromatic rings. The Hall–Kier alpha value is -8.67. The average molecular weight is 823 g/mol. The number of rotatable bonds is 11. The largest absolute Gasteiger partial charge is 0.454 e. The Morgan fingerprint density at radius 1 is 0.312 bits per heavy atom. The van der Waals surface area contributed by atoms with E-state index in [1.165, 1.54) is 0 Å². The van der Waals surface area contributed by atoms with E-state index in [-0.39, 0.29) is 0 Å². The van der Waals surface area contributed by atoms with Gasteiger partial charge in [-0.3, -0.25) is 4.98 Å². The van der Waals surface area contributed by atoms with E-state index in [9.17, 15) is 0 Å². The first-order chi connectivity index (χ1) is 31.8. The van der Waals surface area contributed by atoms with Crippen molar-refractivity contribution >= 4 is 73.1 Å². The number of furan rings is 1. The predicted molar refractivity (Wildman–Crippen MR) is 266 cm³/mol. The van der Waals surface area contributed by atoms with Gasteiger partial charge >= 0.3 is 0 Å². The van der Waals surface area contributed by atoms with Crippen LogP contribution >= 0.6 is 0 Å². The minimum atomic E-state index is 0.826. The van der Waals surface area contributed by atoms with Gasteiger partial charge in [0.05, 0.1) is 11.4 Å². The number of para-hydroxylation sites is 6. The topological polar surface area (TPSA) is 35.8 Å². The van der Waals surface area contributed by atoms with Gasteiger partial charge in [0.1, 0.15) is 5.58 Å². The molecule has 2 heterocycles. The van der Waals surface area contributed by atoms with Gasteiger partial charge in [-0.15, -0.1) is 0 Å². The lowest BCUT2D eigenvalue weighted by Crippen LogP contribution is -2.15. The summed E-state index contributed by atoms with van der Waals surface area (Å²) in [5.41, 5.74) is 15.0. The fourth-order valence-electron chi connectivity index (χ4n) is 8.78. The summed E-state index contributed by atoms with van der Waals surface area (Å²) in [6.07, 6.45) is 3.76. The van der Waals surface area contributed by atoms with E-state index in [2.05, 4.69) is 244 Å². The Morgan fingerprint density at radius 2 is 0.828 bits per heavy atom. The van der Waals surface area contributed by atoms with E-state index in [0.29, 0.717) is 0 Å². The van der Waals surface area contributed by atoms with Crippen LogP contribution in [0.5, 0.6) is 0 Å². The molecular formula is C59H42N4O. The molecule has 0 spiro atoms. The van der Waals surface area contributed by atoms with Gasteiger partial charge in [-0.25, -0.2) is 0 Å². The van der Waals surface area contributed by atoms with Gasteiger partial charge in [-0.1, -0.05) is 146 Å². The van der Waals surface area contributed by atoms with Crippen LogP contribution in [0.1, 0.15) is 0 Å². The second-order valence-corrected chi connectivity index (χ2v) is 15.6. The van der Waals surface area contributed by atoms with Crippen molar-refractivity contribution in [3.8, 4) is 22.3 Å². The summed E-state index contributed by atoms with van der Waals surface area (Å²) in [5.74, 6) is 0. The zero-order chi connectivity index (χ0) is 42.7. The third kappa shape index (κ3) is 7.31. The highest BCUT2D eigenvalue weighted by Crippen LogP contribution is 2.49. The van der Waals surface area contributed by atoms with Crippen molar-refractivity contribution in [2.24, 2.45) is 0 Å². The number of hydrogen-bond donors (Lipinski definition) is 0. The van der Waals surface area contributed by atoms with E-state index < -0.39 is 0 Å². The molecule has 0 aliphatic carbocycles. The highest BCUT2D eigenvalue weighted by atomic mass is 16.3. The number of benzene rings is 9. The standard InChI is InChI=1S/C59H42N4O/c1-6-20-43(21-7-1)53-36-35-50(41-57(53)63(49-29-14-5-15-30-49)56-33-18-32-55-54-31-16-17-34-58(54)64-59(55)56)62(48-27-12-4-13-28-48)52-39-45(44-22-19-37-60-42-44)38-51(40-52)61(46-23-8-2-9-24-46)47-25-10-3-11-26-47/h1-42H. The van der Waals surface area contributed by atoms with Gasteiger partial charge in [-0.2, -0.15) is 0 Å². The molecule has 9 aromatic carbocycles. The van der Waals surface area contributed by atoms with Gasteiger partial charge in [0.2, 0.25) is 0 Å². The maximum atomic E-state index is 6.77. The lowest BCUT2D eigenvalue weighted by molar-refractivity contribution is 0.669. The minimum absolute atomic E-state index is 0.826. The first-order valence-corrected chi connectivity index (χ1v) is 21.5. The Kier molecular flexibility index (Phi) is 10.2. The van der Waals surface area contributed by atoms with E-state index in [4.69, 9.17) is 4.42 Å². The summed E-state index contributed by atoms with van der Waals surface area (Å²) in [7, 11) is 0. The van der Waals surface area contributed by atoms with Crippen molar-refractivity contribution in [1.82, 2.24) is 4.98 Å². The minimum Gasteiger partial charge on any atom is -0.454 e. The maximum absolute atomic E-state index is 6.77. The van der Waals surface area contributed by atoms with Crippen molar-refractivity contribution in [2.45, 2.75) is 0 Å². The fraction of sp³-hybridized carbons (Fsp3) is 0. The van der Waals surface area contributed by atoms with E-state index in [1.807, 2.05) is 30.6 Å². The number of nitrogens with zero attached hydrogens (tertiary/aromatic N) is 4. The van der Waals surface area contributed by atoms with Gasteiger partial charge in [0.15, 0.2) is 5.58 Å². The van der Waals surface area contributed by atoms with Crippen molar-refractivity contribution in [3.05, 3.63) is 255 Å². The number of hydrogen-bond acceptors (Lipinski definition) is 5. The molecule has 0 fully saturated rings.